The lowest BCUT2D eigenvalue weighted by molar-refractivity contribution is 0.574. The van der Waals surface area contributed by atoms with E-state index in [1.807, 2.05) is 13.0 Å². The number of hydrogen-bond donors (Lipinski definition) is 0. The monoisotopic (exact) mass is 227 g/mol. The highest BCUT2D eigenvalue weighted by Crippen LogP contribution is 2.26. The molecule has 17 heavy (non-hydrogen) atoms. The third-order valence-corrected chi connectivity index (χ3v) is 3.35. The van der Waals surface area contributed by atoms with Gasteiger partial charge in [0.25, 0.3) is 0 Å². The van der Waals surface area contributed by atoms with Gasteiger partial charge < -0.3 is 4.90 Å². The van der Waals surface area contributed by atoms with Gasteiger partial charge in [0, 0.05) is 18.5 Å². The number of benzene rings is 1. The van der Waals surface area contributed by atoms with Crippen molar-refractivity contribution in [3.05, 3.63) is 30.1 Å². The fourth-order valence-electron chi connectivity index (χ4n) is 2.52. The molecule has 2 aromatic rings. The molecule has 3 nitrogen and oxygen atoms in total. The normalized spacial score (nSPS) is 16.4. The van der Waals surface area contributed by atoms with Gasteiger partial charge in [0.1, 0.15) is 11.6 Å². The van der Waals surface area contributed by atoms with Crippen molar-refractivity contribution in [3.8, 4) is 0 Å². The number of rotatable bonds is 1. The quantitative estimate of drug-likeness (QED) is 0.750. The molecule has 1 aliphatic rings. The predicted molar refractivity (Wildman–Crippen MR) is 70.3 cm³/mol. The molecule has 3 rings (SSSR count). The lowest BCUT2D eigenvalue weighted by atomic mass is 10.1. The van der Waals surface area contributed by atoms with Gasteiger partial charge in [0.2, 0.25) is 0 Å². The summed E-state index contributed by atoms with van der Waals surface area (Å²) in [5, 5.41) is 1.18. The van der Waals surface area contributed by atoms with E-state index in [0.717, 1.165) is 30.2 Å². The smallest absolute Gasteiger partial charge is 0.140 e. The van der Waals surface area contributed by atoms with Crippen LogP contribution in [-0.4, -0.2) is 23.1 Å². The van der Waals surface area contributed by atoms with Crippen LogP contribution in [0, 0.1) is 6.92 Å². The Morgan fingerprint density at radius 2 is 1.76 bits per heavy atom. The highest BCUT2D eigenvalue weighted by atomic mass is 15.2. The van der Waals surface area contributed by atoms with Gasteiger partial charge in [-0.25, -0.2) is 9.97 Å². The van der Waals surface area contributed by atoms with Crippen molar-refractivity contribution in [1.82, 2.24) is 9.97 Å². The lowest BCUT2D eigenvalue weighted by Crippen LogP contribution is -2.30. The summed E-state index contributed by atoms with van der Waals surface area (Å²) in [6, 6.07) is 8.29. The standard InChI is InChI=1S/C14H17N3/c1-11-15-13-8-4-3-7-12(13)14(16-11)17-9-5-2-6-10-17/h3-4,7-8H,2,5-6,9-10H2,1H3. The van der Waals surface area contributed by atoms with Crippen LogP contribution in [-0.2, 0) is 0 Å². The Balaban J connectivity index is 2.13. The minimum atomic E-state index is 0.865. The van der Waals surface area contributed by atoms with Crippen molar-refractivity contribution in [2.45, 2.75) is 26.2 Å². The lowest BCUT2D eigenvalue weighted by Gasteiger charge is -2.28. The molecule has 1 aromatic heterocycles. The van der Waals surface area contributed by atoms with E-state index in [0.29, 0.717) is 0 Å². The minimum Gasteiger partial charge on any atom is -0.356 e. The number of para-hydroxylation sites is 1. The van der Waals surface area contributed by atoms with Crippen molar-refractivity contribution in [2.75, 3.05) is 18.0 Å². The van der Waals surface area contributed by atoms with E-state index in [2.05, 4.69) is 33.1 Å². The third-order valence-electron chi connectivity index (χ3n) is 3.35. The van der Waals surface area contributed by atoms with E-state index >= 15 is 0 Å². The first-order chi connectivity index (χ1) is 8.34. The number of piperidine rings is 1. The Bertz CT molecular complexity index is 530. The molecule has 88 valence electrons. The van der Waals surface area contributed by atoms with Crippen LogP contribution in [0.4, 0.5) is 5.82 Å². The summed E-state index contributed by atoms with van der Waals surface area (Å²) < 4.78 is 0. The van der Waals surface area contributed by atoms with Crippen LogP contribution in [0.5, 0.6) is 0 Å². The maximum Gasteiger partial charge on any atom is 0.140 e. The molecule has 0 amide bonds. The van der Waals surface area contributed by atoms with Crippen LogP contribution in [0.2, 0.25) is 0 Å². The summed E-state index contributed by atoms with van der Waals surface area (Å²) >= 11 is 0. The topological polar surface area (TPSA) is 29.0 Å². The number of aromatic nitrogens is 2. The van der Waals surface area contributed by atoms with E-state index in [1.165, 1.54) is 24.6 Å². The molecule has 0 N–H and O–H groups in total. The number of hydrogen-bond acceptors (Lipinski definition) is 3. The van der Waals surface area contributed by atoms with E-state index in [1.54, 1.807) is 0 Å². The average Bonchev–Trinajstić information content (AvgIpc) is 2.39. The maximum atomic E-state index is 4.64. The summed E-state index contributed by atoms with van der Waals surface area (Å²) in [6.45, 7) is 4.22. The Hall–Kier alpha value is -1.64. The SMILES string of the molecule is Cc1nc(N2CCCCC2)c2ccccc2n1. The van der Waals surface area contributed by atoms with Crippen LogP contribution < -0.4 is 4.90 Å². The highest BCUT2D eigenvalue weighted by molar-refractivity contribution is 5.89. The molecule has 0 aliphatic carbocycles. The van der Waals surface area contributed by atoms with Crippen LogP contribution in [0.15, 0.2) is 24.3 Å². The second kappa shape index (κ2) is 4.32. The number of nitrogens with zero attached hydrogens (tertiary/aromatic N) is 3. The highest BCUT2D eigenvalue weighted by Gasteiger charge is 2.15. The fourth-order valence-corrected chi connectivity index (χ4v) is 2.52. The molecule has 0 saturated carbocycles. The zero-order valence-electron chi connectivity index (χ0n) is 10.2. The van der Waals surface area contributed by atoms with Crippen molar-refractivity contribution >= 4 is 16.7 Å². The minimum absolute atomic E-state index is 0.865. The summed E-state index contributed by atoms with van der Waals surface area (Å²) in [6.07, 6.45) is 3.90. The Morgan fingerprint density at radius 1 is 1.00 bits per heavy atom. The van der Waals surface area contributed by atoms with E-state index in [-0.39, 0.29) is 0 Å². The van der Waals surface area contributed by atoms with Crippen molar-refractivity contribution in [3.63, 3.8) is 0 Å². The molecular formula is C14H17N3. The molecule has 1 fully saturated rings. The van der Waals surface area contributed by atoms with Gasteiger partial charge in [-0.1, -0.05) is 12.1 Å². The Kier molecular flexibility index (Phi) is 2.67. The van der Waals surface area contributed by atoms with Crippen LogP contribution in [0.3, 0.4) is 0 Å². The van der Waals surface area contributed by atoms with Crippen LogP contribution in [0.1, 0.15) is 25.1 Å². The molecule has 0 atom stereocenters. The summed E-state index contributed by atoms with van der Waals surface area (Å²) in [7, 11) is 0. The molecule has 1 saturated heterocycles. The largest absolute Gasteiger partial charge is 0.356 e. The summed E-state index contributed by atoms with van der Waals surface area (Å²) in [4.78, 5) is 11.5. The van der Waals surface area contributed by atoms with Crippen LogP contribution in [0.25, 0.3) is 10.9 Å². The van der Waals surface area contributed by atoms with Gasteiger partial charge in [-0.2, -0.15) is 0 Å². The molecule has 1 aliphatic heterocycles. The molecule has 0 unspecified atom stereocenters. The van der Waals surface area contributed by atoms with Gasteiger partial charge in [-0.05, 0) is 38.3 Å². The van der Waals surface area contributed by atoms with Crippen molar-refractivity contribution < 1.29 is 0 Å². The molecule has 0 spiro atoms. The fraction of sp³-hybridized carbons (Fsp3) is 0.429. The van der Waals surface area contributed by atoms with Gasteiger partial charge in [0.05, 0.1) is 5.52 Å². The Morgan fingerprint density at radius 3 is 2.59 bits per heavy atom. The second-order valence-electron chi connectivity index (χ2n) is 4.66. The molecule has 1 aromatic carbocycles. The second-order valence-corrected chi connectivity index (χ2v) is 4.66. The molecule has 2 heterocycles. The van der Waals surface area contributed by atoms with E-state index < -0.39 is 0 Å². The average molecular weight is 227 g/mol. The van der Waals surface area contributed by atoms with Gasteiger partial charge in [-0.3, -0.25) is 0 Å². The van der Waals surface area contributed by atoms with Crippen LogP contribution >= 0.6 is 0 Å². The van der Waals surface area contributed by atoms with Gasteiger partial charge in [0.15, 0.2) is 0 Å². The first-order valence-corrected chi connectivity index (χ1v) is 6.33. The summed E-state index contributed by atoms with van der Waals surface area (Å²) in [5.74, 6) is 1.98. The molecular weight excluding hydrogens is 210 g/mol. The summed E-state index contributed by atoms with van der Waals surface area (Å²) in [5.41, 5.74) is 1.06. The van der Waals surface area contributed by atoms with E-state index in [4.69, 9.17) is 0 Å². The number of fused-ring (bicyclic) bond motifs is 1. The van der Waals surface area contributed by atoms with Crippen molar-refractivity contribution in [1.29, 1.82) is 0 Å². The van der Waals surface area contributed by atoms with E-state index in [9.17, 15) is 0 Å². The van der Waals surface area contributed by atoms with Crippen molar-refractivity contribution in [2.24, 2.45) is 0 Å². The first-order valence-electron chi connectivity index (χ1n) is 6.33. The zero-order valence-corrected chi connectivity index (χ0v) is 10.2. The molecule has 0 radical (unpaired) electrons. The third kappa shape index (κ3) is 1.97. The number of anilines is 1. The maximum absolute atomic E-state index is 4.64. The Labute approximate surface area is 101 Å². The van der Waals surface area contributed by atoms with Gasteiger partial charge in [-0.15, -0.1) is 0 Å². The molecule has 0 bridgehead atoms. The first kappa shape index (κ1) is 10.5. The predicted octanol–water partition coefficient (Wildman–Crippen LogP) is 2.93. The molecule has 3 heteroatoms. The number of aryl methyl sites for hydroxylation is 1. The zero-order chi connectivity index (χ0) is 11.7. The van der Waals surface area contributed by atoms with Gasteiger partial charge >= 0.3 is 0 Å².